The summed E-state index contributed by atoms with van der Waals surface area (Å²) >= 11 is 0. The summed E-state index contributed by atoms with van der Waals surface area (Å²) in [6.07, 6.45) is 0. The molecule has 0 spiro atoms. The highest BCUT2D eigenvalue weighted by Gasteiger charge is 2.09. The van der Waals surface area contributed by atoms with E-state index < -0.39 is 0 Å². The minimum absolute atomic E-state index is 0.330. The van der Waals surface area contributed by atoms with Crippen LogP contribution in [0.5, 0.6) is 0 Å². The third-order valence-corrected chi connectivity index (χ3v) is 3.55. The molecular formula is C20H17FN. The van der Waals surface area contributed by atoms with E-state index in [9.17, 15) is 4.39 Å². The molecule has 0 bridgehead atoms. The lowest BCUT2D eigenvalue weighted by molar-refractivity contribution is 0.624. The third-order valence-electron chi connectivity index (χ3n) is 3.55. The van der Waals surface area contributed by atoms with Crippen molar-refractivity contribution in [1.29, 1.82) is 0 Å². The largest absolute Gasteiger partial charge is 0.363 e. The highest BCUT2D eigenvalue weighted by atomic mass is 19.1. The first-order chi connectivity index (χ1) is 10.8. The van der Waals surface area contributed by atoms with E-state index in [1.54, 1.807) is 6.07 Å². The monoisotopic (exact) mass is 290 g/mol. The minimum atomic E-state index is -0.330. The van der Waals surface area contributed by atoms with Crippen LogP contribution in [0.25, 0.3) is 0 Å². The minimum Gasteiger partial charge on any atom is -0.363 e. The van der Waals surface area contributed by atoms with Crippen molar-refractivity contribution in [2.24, 2.45) is 0 Å². The molecular weight excluding hydrogens is 273 g/mol. The summed E-state index contributed by atoms with van der Waals surface area (Å²) < 4.78 is 13.5. The van der Waals surface area contributed by atoms with Crippen molar-refractivity contribution in [1.82, 2.24) is 0 Å². The Balaban J connectivity index is 1.88. The molecule has 3 aromatic carbocycles. The number of nitrogens with zero attached hydrogens (tertiary/aromatic N) is 1. The SMILES string of the molecule is Fc1[c]ccc(N(Cc2ccccc2)Cc2ccccc2)c1. The van der Waals surface area contributed by atoms with E-state index in [1.165, 1.54) is 17.2 Å². The third kappa shape index (κ3) is 3.73. The molecule has 0 aliphatic rings. The highest BCUT2D eigenvalue weighted by molar-refractivity contribution is 5.47. The van der Waals surface area contributed by atoms with Crippen molar-refractivity contribution in [2.45, 2.75) is 13.1 Å². The van der Waals surface area contributed by atoms with Crippen molar-refractivity contribution < 1.29 is 4.39 Å². The van der Waals surface area contributed by atoms with E-state index in [0.717, 1.165) is 18.8 Å². The molecule has 0 aliphatic heterocycles. The van der Waals surface area contributed by atoms with Crippen LogP contribution in [-0.2, 0) is 13.1 Å². The molecule has 3 rings (SSSR count). The van der Waals surface area contributed by atoms with Gasteiger partial charge < -0.3 is 4.90 Å². The molecule has 0 aromatic heterocycles. The van der Waals surface area contributed by atoms with Crippen molar-refractivity contribution in [3.8, 4) is 0 Å². The quantitative estimate of drug-likeness (QED) is 0.650. The zero-order valence-corrected chi connectivity index (χ0v) is 12.2. The molecule has 109 valence electrons. The van der Waals surface area contributed by atoms with Crippen LogP contribution >= 0.6 is 0 Å². The molecule has 0 saturated heterocycles. The molecule has 0 saturated carbocycles. The summed E-state index contributed by atoms with van der Waals surface area (Å²) in [6.45, 7) is 1.47. The topological polar surface area (TPSA) is 3.24 Å². The molecule has 0 unspecified atom stereocenters. The number of halogens is 1. The predicted molar refractivity (Wildman–Crippen MR) is 88.0 cm³/mol. The van der Waals surface area contributed by atoms with E-state index in [2.05, 4.69) is 35.2 Å². The van der Waals surface area contributed by atoms with E-state index in [1.807, 2.05) is 42.5 Å². The van der Waals surface area contributed by atoms with Gasteiger partial charge in [-0.2, -0.15) is 0 Å². The molecule has 22 heavy (non-hydrogen) atoms. The first-order valence-electron chi connectivity index (χ1n) is 7.31. The maximum Gasteiger partial charge on any atom is 0.133 e. The van der Waals surface area contributed by atoms with Gasteiger partial charge in [0.2, 0.25) is 0 Å². The van der Waals surface area contributed by atoms with Gasteiger partial charge in [-0.15, -0.1) is 0 Å². The van der Waals surface area contributed by atoms with Crippen LogP contribution in [0.1, 0.15) is 11.1 Å². The Morgan fingerprint density at radius 2 is 1.32 bits per heavy atom. The van der Waals surface area contributed by atoms with Crippen LogP contribution in [0.3, 0.4) is 0 Å². The summed E-state index contributed by atoms with van der Waals surface area (Å²) in [7, 11) is 0. The van der Waals surface area contributed by atoms with Gasteiger partial charge in [0.25, 0.3) is 0 Å². The number of hydrogen-bond acceptors (Lipinski definition) is 1. The van der Waals surface area contributed by atoms with Gasteiger partial charge in [0.15, 0.2) is 0 Å². The van der Waals surface area contributed by atoms with Gasteiger partial charge in [-0.05, 0) is 29.3 Å². The van der Waals surface area contributed by atoms with Crippen LogP contribution in [0.4, 0.5) is 10.1 Å². The Labute approximate surface area is 130 Å². The maximum atomic E-state index is 13.5. The second-order valence-electron chi connectivity index (χ2n) is 5.22. The maximum absolute atomic E-state index is 13.5. The summed E-state index contributed by atoms with van der Waals surface area (Å²) in [5.41, 5.74) is 3.27. The van der Waals surface area contributed by atoms with Crippen LogP contribution in [0.2, 0.25) is 0 Å². The number of hydrogen-bond donors (Lipinski definition) is 0. The van der Waals surface area contributed by atoms with Gasteiger partial charge in [-0.25, -0.2) is 4.39 Å². The van der Waals surface area contributed by atoms with Crippen LogP contribution in [-0.4, -0.2) is 0 Å². The first-order valence-corrected chi connectivity index (χ1v) is 7.31. The molecule has 2 heteroatoms. The lowest BCUT2D eigenvalue weighted by atomic mass is 10.1. The second-order valence-corrected chi connectivity index (χ2v) is 5.22. The van der Waals surface area contributed by atoms with E-state index in [4.69, 9.17) is 0 Å². The fourth-order valence-corrected chi connectivity index (χ4v) is 2.47. The van der Waals surface area contributed by atoms with E-state index in [0.29, 0.717) is 0 Å². The molecule has 0 heterocycles. The van der Waals surface area contributed by atoms with Crippen LogP contribution in [0.15, 0.2) is 78.9 Å². The van der Waals surface area contributed by atoms with Gasteiger partial charge >= 0.3 is 0 Å². The number of anilines is 1. The zero-order chi connectivity index (χ0) is 15.2. The van der Waals surface area contributed by atoms with Crippen LogP contribution < -0.4 is 4.90 Å². The van der Waals surface area contributed by atoms with Gasteiger partial charge in [0, 0.05) is 24.8 Å². The molecule has 1 radical (unpaired) electrons. The Hall–Kier alpha value is -2.61. The van der Waals surface area contributed by atoms with Crippen LogP contribution in [0, 0.1) is 11.9 Å². The van der Waals surface area contributed by atoms with Crippen molar-refractivity contribution in [3.63, 3.8) is 0 Å². The lowest BCUT2D eigenvalue weighted by Crippen LogP contribution is -2.22. The second kappa shape index (κ2) is 6.90. The molecule has 1 nitrogen and oxygen atoms in total. The lowest BCUT2D eigenvalue weighted by Gasteiger charge is -2.25. The first kappa shape index (κ1) is 14.3. The Morgan fingerprint density at radius 1 is 0.773 bits per heavy atom. The van der Waals surface area contributed by atoms with Crippen molar-refractivity contribution >= 4 is 5.69 Å². The van der Waals surface area contributed by atoms with Gasteiger partial charge in [-0.1, -0.05) is 60.7 Å². The molecule has 3 aromatic rings. The molecule has 0 aliphatic carbocycles. The summed E-state index contributed by atoms with van der Waals surface area (Å²) in [6, 6.07) is 28.1. The Kier molecular flexibility index (Phi) is 4.50. The van der Waals surface area contributed by atoms with E-state index >= 15 is 0 Å². The summed E-state index contributed by atoms with van der Waals surface area (Å²) in [4.78, 5) is 2.17. The number of rotatable bonds is 5. The summed E-state index contributed by atoms with van der Waals surface area (Å²) in [5.74, 6) is -0.330. The van der Waals surface area contributed by atoms with Crippen molar-refractivity contribution in [2.75, 3.05) is 4.90 Å². The van der Waals surface area contributed by atoms with Gasteiger partial charge in [-0.3, -0.25) is 0 Å². The Bertz CT molecular complexity index is 669. The smallest absolute Gasteiger partial charge is 0.133 e. The van der Waals surface area contributed by atoms with Crippen molar-refractivity contribution in [3.05, 3.63) is 102 Å². The predicted octanol–water partition coefficient (Wildman–Crippen LogP) is 4.83. The molecule has 0 N–H and O–H groups in total. The number of benzene rings is 3. The average molecular weight is 290 g/mol. The molecule has 0 amide bonds. The van der Waals surface area contributed by atoms with Gasteiger partial charge in [0.05, 0.1) is 0 Å². The fraction of sp³-hybridized carbons (Fsp3) is 0.100. The molecule has 0 fully saturated rings. The summed E-state index contributed by atoms with van der Waals surface area (Å²) in [5, 5.41) is 0. The average Bonchev–Trinajstić information content (AvgIpc) is 2.56. The van der Waals surface area contributed by atoms with Gasteiger partial charge in [0.1, 0.15) is 5.82 Å². The highest BCUT2D eigenvalue weighted by Crippen LogP contribution is 2.21. The standard InChI is InChI=1S/C20H17FN/c21-19-12-7-13-20(14-19)22(15-17-8-3-1-4-9-17)16-18-10-5-2-6-11-18/h1-11,13-14H,15-16H2. The van der Waals surface area contributed by atoms with E-state index in [-0.39, 0.29) is 5.82 Å². The molecule has 0 atom stereocenters. The normalized spacial score (nSPS) is 10.4. The Morgan fingerprint density at radius 3 is 1.82 bits per heavy atom. The zero-order valence-electron chi connectivity index (χ0n) is 12.2. The fourth-order valence-electron chi connectivity index (χ4n) is 2.47.